The number of hydrogen-bond donors (Lipinski definition) is 3. The summed E-state index contributed by atoms with van der Waals surface area (Å²) < 4.78 is 39.0. The van der Waals surface area contributed by atoms with Crippen LogP contribution < -0.4 is 10.6 Å². The lowest BCUT2D eigenvalue weighted by molar-refractivity contribution is -0.134. The van der Waals surface area contributed by atoms with Crippen LogP contribution in [0.1, 0.15) is 35.3 Å². The van der Waals surface area contributed by atoms with Crippen molar-refractivity contribution in [2.75, 3.05) is 25.0 Å². The van der Waals surface area contributed by atoms with Gasteiger partial charge in [0.15, 0.2) is 0 Å². The van der Waals surface area contributed by atoms with E-state index in [2.05, 4.69) is 15.7 Å². The van der Waals surface area contributed by atoms with Crippen molar-refractivity contribution >= 4 is 29.9 Å². The molecule has 0 aliphatic carbocycles. The zero-order valence-electron chi connectivity index (χ0n) is 13.4. The molecule has 3 rings (SSSR count). The molecule has 0 bridgehead atoms. The van der Waals surface area contributed by atoms with Gasteiger partial charge in [0.2, 0.25) is 0 Å². The Hall–Kier alpha value is -1.74. The molecule has 3 heterocycles. The molecule has 6 nitrogen and oxygen atoms in total. The highest BCUT2D eigenvalue weighted by Crippen LogP contribution is 2.34. The molecule has 0 amide bonds. The van der Waals surface area contributed by atoms with E-state index < -0.39 is 25.0 Å². The van der Waals surface area contributed by atoms with E-state index in [1.54, 1.807) is 0 Å². The largest absolute Gasteiger partial charge is 0.477 e. The maximum absolute atomic E-state index is 12.5. The maximum Gasteiger partial charge on any atom is 0.389 e. The van der Waals surface area contributed by atoms with Gasteiger partial charge in [-0.1, -0.05) is 0 Å². The zero-order chi connectivity index (χ0) is 17.3. The number of anilines is 1. The van der Waals surface area contributed by atoms with Gasteiger partial charge in [0.25, 0.3) is 0 Å². The van der Waals surface area contributed by atoms with Crippen LogP contribution >= 0.6 is 12.4 Å². The summed E-state index contributed by atoms with van der Waals surface area (Å²) in [5.74, 6) is -0.743. The van der Waals surface area contributed by atoms with Crippen LogP contribution in [-0.4, -0.2) is 46.7 Å². The number of carbonyl (C=O) groups is 1. The third kappa shape index (κ3) is 4.27. The van der Waals surface area contributed by atoms with Gasteiger partial charge < -0.3 is 15.7 Å². The van der Waals surface area contributed by atoms with Crippen molar-refractivity contribution in [2.45, 2.75) is 31.9 Å². The lowest BCUT2D eigenvalue weighted by Crippen LogP contribution is -2.31. The van der Waals surface area contributed by atoms with Crippen LogP contribution in [0.4, 0.5) is 19.0 Å². The van der Waals surface area contributed by atoms with Crippen molar-refractivity contribution in [3.8, 4) is 0 Å². The van der Waals surface area contributed by atoms with Gasteiger partial charge in [-0.05, 0) is 32.0 Å². The number of aromatic carboxylic acids is 1. The molecule has 0 unspecified atom stereocenters. The predicted octanol–water partition coefficient (Wildman–Crippen LogP) is 2.76. The molecule has 25 heavy (non-hydrogen) atoms. The number of piperidine rings is 1. The Balaban J connectivity index is 0.00000225. The molecular formula is C15H20ClF3N4O2. The van der Waals surface area contributed by atoms with Crippen LogP contribution in [0.3, 0.4) is 0 Å². The summed E-state index contributed by atoms with van der Waals surface area (Å²) in [6.45, 7) is 2.17. The highest BCUT2D eigenvalue weighted by atomic mass is 35.5. The van der Waals surface area contributed by atoms with E-state index in [0.717, 1.165) is 31.6 Å². The average Bonchev–Trinajstić information content (AvgIpc) is 2.91. The second-order valence-electron chi connectivity index (χ2n) is 6.04. The molecule has 3 N–H and O–H groups in total. The summed E-state index contributed by atoms with van der Waals surface area (Å²) in [6.07, 6.45) is -2.14. The second-order valence-corrected chi connectivity index (χ2v) is 6.04. The molecule has 1 fully saturated rings. The summed E-state index contributed by atoms with van der Waals surface area (Å²) in [4.78, 5) is 11.6. The van der Waals surface area contributed by atoms with E-state index >= 15 is 0 Å². The fraction of sp³-hybridized carbons (Fsp3) is 0.600. The molecule has 0 radical (unpaired) electrons. The SMILES string of the molecule is Cl.O=C(O)c1c(CCC(F)(F)F)nn2c1NCC=C2C1CCNCC1. The fourth-order valence-corrected chi connectivity index (χ4v) is 3.27. The van der Waals surface area contributed by atoms with E-state index in [4.69, 9.17) is 0 Å². The van der Waals surface area contributed by atoms with Gasteiger partial charge in [0.1, 0.15) is 11.4 Å². The summed E-state index contributed by atoms with van der Waals surface area (Å²) in [5, 5.41) is 19.9. The maximum atomic E-state index is 12.5. The third-order valence-electron chi connectivity index (χ3n) is 4.40. The van der Waals surface area contributed by atoms with E-state index in [0.29, 0.717) is 6.54 Å². The number of aryl methyl sites for hydroxylation is 1. The normalized spacial score (nSPS) is 18.0. The van der Waals surface area contributed by atoms with Crippen LogP contribution in [0.25, 0.3) is 5.70 Å². The van der Waals surface area contributed by atoms with Gasteiger partial charge in [-0.25, -0.2) is 9.48 Å². The molecule has 0 spiro atoms. The lowest BCUT2D eigenvalue weighted by atomic mass is 9.93. The minimum Gasteiger partial charge on any atom is -0.477 e. The van der Waals surface area contributed by atoms with Crippen molar-refractivity contribution in [3.63, 3.8) is 0 Å². The van der Waals surface area contributed by atoms with E-state index in [-0.39, 0.29) is 35.4 Å². The molecule has 2 aliphatic rings. The number of nitrogens with zero attached hydrogens (tertiary/aromatic N) is 2. The Bertz CT molecular complexity index is 666. The minimum atomic E-state index is -4.35. The molecule has 140 valence electrons. The van der Waals surface area contributed by atoms with Crippen molar-refractivity contribution in [3.05, 3.63) is 17.3 Å². The number of aromatic nitrogens is 2. The monoisotopic (exact) mass is 380 g/mol. The van der Waals surface area contributed by atoms with Gasteiger partial charge in [0, 0.05) is 31.0 Å². The second kappa shape index (κ2) is 7.65. The van der Waals surface area contributed by atoms with E-state index in [1.807, 2.05) is 6.08 Å². The van der Waals surface area contributed by atoms with Crippen LogP contribution in [0.2, 0.25) is 0 Å². The van der Waals surface area contributed by atoms with Crippen molar-refractivity contribution in [1.82, 2.24) is 15.1 Å². The van der Waals surface area contributed by atoms with Gasteiger partial charge in [0.05, 0.1) is 5.69 Å². The lowest BCUT2D eigenvalue weighted by Gasteiger charge is -2.28. The Morgan fingerprint density at radius 1 is 1.36 bits per heavy atom. The summed E-state index contributed by atoms with van der Waals surface area (Å²) in [6, 6.07) is 0. The Morgan fingerprint density at radius 2 is 2.04 bits per heavy atom. The third-order valence-corrected chi connectivity index (χ3v) is 4.40. The predicted molar refractivity (Wildman–Crippen MR) is 89.2 cm³/mol. The molecule has 0 aromatic carbocycles. The molecule has 1 aromatic heterocycles. The summed E-state index contributed by atoms with van der Waals surface area (Å²) in [7, 11) is 0. The van der Waals surface area contributed by atoms with Crippen LogP contribution in [0.15, 0.2) is 6.08 Å². The summed E-state index contributed by atoms with van der Waals surface area (Å²) >= 11 is 0. The number of alkyl halides is 3. The minimum absolute atomic E-state index is 0. The first kappa shape index (κ1) is 19.6. The van der Waals surface area contributed by atoms with Gasteiger partial charge in [-0.15, -0.1) is 12.4 Å². The first-order valence-electron chi connectivity index (χ1n) is 7.94. The van der Waals surface area contributed by atoms with Crippen LogP contribution in [0.5, 0.6) is 0 Å². The smallest absolute Gasteiger partial charge is 0.389 e. The Labute approximate surface area is 148 Å². The first-order chi connectivity index (χ1) is 11.4. The number of fused-ring (bicyclic) bond motifs is 1. The highest BCUT2D eigenvalue weighted by Gasteiger charge is 2.33. The quantitative estimate of drug-likeness (QED) is 0.748. The van der Waals surface area contributed by atoms with Gasteiger partial charge in [-0.2, -0.15) is 18.3 Å². The number of carboxylic acid groups (broad SMARTS) is 1. The van der Waals surface area contributed by atoms with Crippen LogP contribution in [-0.2, 0) is 6.42 Å². The molecule has 2 aliphatic heterocycles. The van der Waals surface area contributed by atoms with Crippen molar-refractivity contribution in [1.29, 1.82) is 0 Å². The van der Waals surface area contributed by atoms with E-state index in [1.165, 1.54) is 4.68 Å². The van der Waals surface area contributed by atoms with Crippen molar-refractivity contribution < 1.29 is 23.1 Å². The number of nitrogens with one attached hydrogen (secondary N) is 2. The van der Waals surface area contributed by atoms with Crippen LogP contribution in [0, 0.1) is 5.92 Å². The summed E-state index contributed by atoms with van der Waals surface area (Å²) in [5.41, 5.74) is 0.703. The standard InChI is InChI=1S/C15H19F3N4O2.ClH/c16-15(17,18)5-1-10-12(14(23)24)13-20-8-4-11(22(13)21-10)9-2-6-19-7-3-9;/h4,9,19-20H,1-3,5-8H2,(H,23,24);1H. The average molecular weight is 381 g/mol. The molecule has 0 atom stereocenters. The van der Waals surface area contributed by atoms with Crippen molar-refractivity contribution in [2.24, 2.45) is 5.92 Å². The molecule has 1 aromatic rings. The van der Waals surface area contributed by atoms with Gasteiger partial charge >= 0.3 is 12.1 Å². The topological polar surface area (TPSA) is 79.2 Å². The Morgan fingerprint density at radius 3 is 2.64 bits per heavy atom. The Kier molecular flexibility index (Phi) is 5.99. The first-order valence-corrected chi connectivity index (χ1v) is 7.94. The number of halogens is 4. The molecule has 1 saturated heterocycles. The number of allylic oxidation sites excluding steroid dienone is 1. The zero-order valence-corrected chi connectivity index (χ0v) is 14.2. The fourth-order valence-electron chi connectivity index (χ4n) is 3.27. The molecule has 0 saturated carbocycles. The number of hydrogen-bond acceptors (Lipinski definition) is 4. The van der Waals surface area contributed by atoms with Gasteiger partial charge in [-0.3, -0.25) is 0 Å². The molecular weight excluding hydrogens is 361 g/mol. The number of carboxylic acids is 1. The highest BCUT2D eigenvalue weighted by molar-refractivity contribution is 5.95. The molecule has 10 heteroatoms. The van der Waals surface area contributed by atoms with E-state index in [9.17, 15) is 23.1 Å². The number of rotatable bonds is 4.